The summed E-state index contributed by atoms with van der Waals surface area (Å²) in [4.78, 5) is 27.1. The highest BCUT2D eigenvalue weighted by molar-refractivity contribution is 5.91. The Morgan fingerprint density at radius 1 is 1.06 bits per heavy atom. The summed E-state index contributed by atoms with van der Waals surface area (Å²) in [6.45, 7) is 10.5. The van der Waals surface area contributed by atoms with E-state index in [0.29, 0.717) is 49.7 Å². The first kappa shape index (κ1) is 21.6. The first-order chi connectivity index (χ1) is 14.8. The van der Waals surface area contributed by atoms with Crippen LogP contribution in [0.1, 0.15) is 72.1 Å². The molecule has 3 saturated carbocycles. The molecule has 0 N–H and O–H groups in total. The summed E-state index contributed by atoms with van der Waals surface area (Å²) >= 11 is 0. The van der Waals surface area contributed by atoms with Gasteiger partial charge in [0.15, 0.2) is 5.78 Å². The van der Waals surface area contributed by atoms with E-state index < -0.39 is 0 Å². The van der Waals surface area contributed by atoms with Crippen molar-refractivity contribution in [2.24, 2.45) is 28.6 Å². The lowest BCUT2D eigenvalue weighted by Gasteiger charge is -2.59. The summed E-state index contributed by atoms with van der Waals surface area (Å²) in [5.74, 6) is 2.23. The minimum atomic E-state index is -0.369. The Labute approximate surface area is 186 Å². The van der Waals surface area contributed by atoms with Gasteiger partial charge in [-0.25, -0.2) is 0 Å². The topological polar surface area (TPSA) is 55.8 Å². The summed E-state index contributed by atoms with van der Waals surface area (Å²) in [6.07, 6.45) is 10.4. The van der Waals surface area contributed by atoms with E-state index in [9.17, 15) is 9.59 Å². The van der Waals surface area contributed by atoms with Crippen LogP contribution in [0.15, 0.2) is 11.6 Å². The van der Waals surface area contributed by atoms with Crippen LogP contribution in [0.5, 0.6) is 0 Å². The number of carbonyl (C=O) groups is 2. The van der Waals surface area contributed by atoms with Crippen molar-refractivity contribution < 1.29 is 19.1 Å². The lowest BCUT2D eigenvalue weighted by molar-refractivity contribution is -0.182. The molecule has 5 aliphatic rings. The third kappa shape index (κ3) is 3.42. The molecule has 172 valence electrons. The van der Waals surface area contributed by atoms with Gasteiger partial charge in [0.2, 0.25) is 0 Å². The summed E-state index contributed by atoms with van der Waals surface area (Å²) < 4.78 is 11.7. The molecule has 5 rings (SSSR count). The molecule has 5 nitrogen and oxygen atoms in total. The summed E-state index contributed by atoms with van der Waals surface area (Å²) in [7, 11) is 0. The maximum absolute atomic E-state index is 12.9. The van der Waals surface area contributed by atoms with Crippen molar-refractivity contribution in [3.05, 3.63) is 11.6 Å². The molecule has 0 aromatic rings. The molecule has 0 bridgehead atoms. The largest absolute Gasteiger partial charge is 0.458 e. The van der Waals surface area contributed by atoms with Crippen LogP contribution in [-0.2, 0) is 19.1 Å². The average molecular weight is 430 g/mol. The Balaban J connectivity index is 1.32. The van der Waals surface area contributed by atoms with Crippen LogP contribution < -0.4 is 0 Å². The van der Waals surface area contributed by atoms with Gasteiger partial charge in [-0.15, -0.1) is 0 Å². The van der Waals surface area contributed by atoms with Gasteiger partial charge in [0.1, 0.15) is 5.60 Å². The number of morpholine rings is 1. The van der Waals surface area contributed by atoms with Crippen LogP contribution in [0.2, 0.25) is 0 Å². The molecule has 1 saturated heterocycles. The Hall–Kier alpha value is -1.20. The average Bonchev–Trinajstić information content (AvgIpc) is 3.00. The molecule has 1 aliphatic heterocycles. The van der Waals surface area contributed by atoms with Gasteiger partial charge in [-0.1, -0.05) is 19.4 Å². The van der Waals surface area contributed by atoms with Crippen LogP contribution in [0, 0.1) is 28.6 Å². The second-order valence-electron chi connectivity index (χ2n) is 11.6. The molecule has 2 unspecified atom stereocenters. The van der Waals surface area contributed by atoms with E-state index in [2.05, 4.69) is 25.7 Å². The van der Waals surface area contributed by atoms with E-state index in [1.807, 2.05) is 6.08 Å². The normalized spacial score (nSPS) is 45.3. The maximum Gasteiger partial charge on any atom is 0.320 e. The highest BCUT2D eigenvalue weighted by Crippen LogP contribution is 2.68. The number of fused-ring (bicyclic) bond motifs is 5. The smallest absolute Gasteiger partial charge is 0.320 e. The monoisotopic (exact) mass is 429 g/mol. The van der Waals surface area contributed by atoms with Crippen molar-refractivity contribution in [1.29, 1.82) is 0 Å². The molecule has 4 fully saturated rings. The lowest BCUT2D eigenvalue weighted by Crippen LogP contribution is -2.55. The van der Waals surface area contributed by atoms with Crippen LogP contribution >= 0.6 is 0 Å². The van der Waals surface area contributed by atoms with Crippen LogP contribution in [-0.4, -0.2) is 55.1 Å². The first-order valence-electron chi connectivity index (χ1n) is 12.5. The van der Waals surface area contributed by atoms with Crippen LogP contribution in [0.4, 0.5) is 0 Å². The Morgan fingerprint density at radius 3 is 2.58 bits per heavy atom. The highest BCUT2D eigenvalue weighted by Gasteiger charge is 2.64. The number of allylic oxidation sites excluding steroid dienone is 1. The molecule has 5 heteroatoms. The summed E-state index contributed by atoms with van der Waals surface area (Å²) in [6, 6.07) is 0. The zero-order chi connectivity index (χ0) is 21.9. The molecule has 0 amide bonds. The van der Waals surface area contributed by atoms with Crippen molar-refractivity contribution in [2.45, 2.75) is 77.7 Å². The summed E-state index contributed by atoms with van der Waals surface area (Å²) in [5.41, 5.74) is 1.30. The van der Waals surface area contributed by atoms with Gasteiger partial charge in [-0.05, 0) is 81.1 Å². The number of hydrogen-bond donors (Lipinski definition) is 0. The number of ether oxygens (including phenoxy) is 2. The fraction of sp³-hybridized carbons (Fsp3) is 0.846. The van der Waals surface area contributed by atoms with Gasteiger partial charge in [0, 0.05) is 24.9 Å². The third-order valence-corrected chi connectivity index (χ3v) is 10.3. The second kappa shape index (κ2) is 7.69. The standard InChI is InChI=1S/C26H39NO4/c1-24-9-6-19(28)16-18(24)4-5-20-21(24)7-10-25(2)22(20)8-11-26(25,3)31-23(29)17-27-12-14-30-15-13-27/h16,20-22H,4-15,17H2,1-3H3/t20?,21-,22-,24-,25-,26?/m0/s1. The molecule has 0 aromatic carbocycles. The number of carbonyl (C=O) groups excluding carboxylic acids is 2. The molecule has 0 aromatic heterocycles. The number of nitrogens with zero attached hydrogens (tertiary/aromatic N) is 1. The van der Waals surface area contributed by atoms with E-state index in [-0.39, 0.29) is 22.4 Å². The predicted octanol–water partition coefficient (Wildman–Crippen LogP) is 4.15. The minimum Gasteiger partial charge on any atom is -0.458 e. The first-order valence-corrected chi connectivity index (χ1v) is 12.5. The fourth-order valence-corrected chi connectivity index (χ4v) is 8.18. The van der Waals surface area contributed by atoms with Gasteiger partial charge in [-0.3, -0.25) is 14.5 Å². The van der Waals surface area contributed by atoms with Gasteiger partial charge in [-0.2, -0.15) is 0 Å². The molecule has 0 radical (unpaired) electrons. The quantitative estimate of drug-likeness (QED) is 0.631. The van der Waals surface area contributed by atoms with Crippen molar-refractivity contribution >= 4 is 11.8 Å². The van der Waals surface area contributed by atoms with Crippen molar-refractivity contribution in [3.63, 3.8) is 0 Å². The number of hydrogen-bond acceptors (Lipinski definition) is 5. The van der Waals surface area contributed by atoms with Crippen molar-refractivity contribution in [2.75, 3.05) is 32.8 Å². The molecule has 31 heavy (non-hydrogen) atoms. The Bertz CT molecular complexity index is 786. The SMILES string of the molecule is CC1(OC(=O)CN2CCOCC2)CC[C@H]2C3CCC4=CC(=O)CC[C@]4(C)[C@H]3CC[C@@]21C. The Kier molecular flexibility index (Phi) is 5.37. The van der Waals surface area contributed by atoms with Crippen LogP contribution in [0.25, 0.3) is 0 Å². The number of rotatable bonds is 3. The van der Waals surface area contributed by atoms with Gasteiger partial charge in [0.25, 0.3) is 0 Å². The molecule has 4 aliphatic carbocycles. The highest BCUT2D eigenvalue weighted by atomic mass is 16.6. The van der Waals surface area contributed by atoms with Crippen molar-refractivity contribution in [3.8, 4) is 0 Å². The van der Waals surface area contributed by atoms with Gasteiger partial charge in [0.05, 0.1) is 19.8 Å². The fourth-order valence-electron chi connectivity index (χ4n) is 8.18. The van der Waals surface area contributed by atoms with Crippen molar-refractivity contribution in [1.82, 2.24) is 4.90 Å². The molecular formula is C26H39NO4. The van der Waals surface area contributed by atoms with Gasteiger partial charge >= 0.3 is 5.97 Å². The zero-order valence-corrected chi connectivity index (χ0v) is 19.6. The number of ketones is 1. The van der Waals surface area contributed by atoms with Gasteiger partial charge < -0.3 is 9.47 Å². The second-order valence-corrected chi connectivity index (χ2v) is 11.6. The molecule has 0 spiro atoms. The molecule has 6 atom stereocenters. The van der Waals surface area contributed by atoms with E-state index >= 15 is 0 Å². The molecule has 1 heterocycles. The number of esters is 1. The zero-order valence-electron chi connectivity index (χ0n) is 19.6. The maximum atomic E-state index is 12.9. The minimum absolute atomic E-state index is 0.0525. The van der Waals surface area contributed by atoms with E-state index in [4.69, 9.17) is 9.47 Å². The third-order valence-electron chi connectivity index (χ3n) is 10.3. The summed E-state index contributed by atoms with van der Waals surface area (Å²) in [5, 5.41) is 0. The lowest BCUT2D eigenvalue weighted by atomic mass is 9.46. The predicted molar refractivity (Wildman–Crippen MR) is 118 cm³/mol. The van der Waals surface area contributed by atoms with E-state index in [1.165, 1.54) is 18.4 Å². The van der Waals surface area contributed by atoms with Crippen LogP contribution in [0.3, 0.4) is 0 Å². The Morgan fingerprint density at radius 2 is 1.81 bits per heavy atom. The van der Waals surface area contributed by atoms with E-state index in [1.54, 1.807) is 0 Å². The molecular weight excluding hydrogens is 390 g/mol. The van der Waals surface area contributed by atoms with E-state index in [0.717, 1.165) is 45.2 Å².